The van der Waals surface area contributed by atoms with Gasteiger partial charge in [-0.15, -0.1) is 0 Å². The van der Waals surface area contributed by atoms with E-state index >= 15 is 0 Å². The van der Waals surface area contributed by atoms with Crippen LogP contribution < -0.4 is 5.32 Å². The number of carbonyl (C=O) groups excluding carboxylic acids is 1. The average molecular weight is 616 g/mol. The maximum atomic E-state index is 14.4. The van der Waals surface area contributed by atoms with Crippen molar-refractivity contribution < 1.29 is 93.8 Å². The SMILES string of the molecule is O=C(Nc1ccc([N+](=O)[O-])cc1)[C@@](F)(OC(F)(F)[C@@](F)(OC(F)(F)C(F)(F)C(F)(F)F)C(F)(F)F)C(F)(F)F. The molecular weight excluding hydrogens is 611 g/mol. The van der Waals surface area contributed by atoms with E-state index in [-0.39, 0.29) is 12.1 Å². The number of anilines is 1. The summed E-state index contributed by atoms with van der Waals surface area (Å²) in [6.45, 7) is 0. The summed E-state index contributed by atoms with van der Waals surface area (Å²) in [5, 5.41) is 11.2. The predicted molar refractivity (Wildman–Crippen MR) is 84.6 cm³/mol. The molecule has 0 radical (unpaired) electrons. The van der Waals surface area contributed by atoms with Crippen LogP contribution in [-0.4, -0.2) is 59.2 Å². The lowest BCUT2D eigenvalue weighted by Crippen LogP contribution is -2.68. The molecule has 1 aromatic carbocycles. The number of non-ortho nitro benzene ring substituents is 1. The minimum atomic E-state index is -8.13. The average Bonchev–Trinajstić information content (AvgIpc) is 2.70. The zero-order valence-electron chi connectivity index (χ0n) is 17.2. The monoisotopic (exact) mass is 616 g/mol. The zero-order chi connectivity index (χ0) is 31.3. The summed E-state index contributed by atoms with van der Waals surface area (Å²) in [7, 11) is 0. The second-order valence-electron chi connectivity index (χ2n) is 6.75. The van der Waals surface area contributed by atoms with Gasteiger partial charge in [-0.3, -0.25) is 24.4 Å². The van der Waals surface area contributed by atoms with Crippen LogP contribution in [0.15, 0.2) is 24.3 Å². The molecular formula is C15H5F17N2O5. The van der Waals surface area contributed by atoms with Gasteiger partial charge in [0, 0.05) is 17.8 Å². The second kappa shape index (κ2) is 9.78. The van der Waals surface area contributed by atoms with Crippen molar-refractivity contribution in [1.29, 1.82) is 0 Å². The molecule has 0 aliphatic carbocycles. The fourth-order valence-electron chi connectivity index (χ4n) is 2.04. The van der Waals surface area contributed by atoms with E-state index in [1.165, 1.54) is 4.74 Å². The fraction of sp³-hybridized carbons (Fsp3) is 0.533. The first kappa shape index (κ1) is 33.8. The molecule has 0 bridgehead atoms. The number of benzene rings is 1. The van der Waals surface area contributed by atoms with Crippen molar-refractivity contribution in [1.82, 2.24) is 0 Å². The van der Waals surface area contributed by atoms with Gasteiger partial charge in [0.15, 0.2) is 0 Å². The Balaban J connectivity index is 3.60. The Kier molecular flexibility index (Phi) is 8.49. The topological polar surface area (TPSA) is 90.7 Å². The number of nitrogens with one attached hydrogen (secondary N) is 1. The van der Waals surface area contributed by atoms with E-state index in [1.807, 2.05) is 4.74 Å². The molecule has 0 spiro atoms. The molecule has 0 saturated carbocycles. The molecule has 1 N–H and O–H groups in total. The summed E-state index contributed by atoms with van der Waals surface area (Å²) < 4.78 is 226. The van der Waals surface area contributed by atoms with Crippen molar-refractivity contribution in [2.75, 3.05) is 5.32 Å². The highest BCUT2D eigenvalue weighted by Crippen LogP contribution is 2.56. The van der Waals surface area contributed by atoms with Gasteiger partial charge in [-0.25, -0.2) is 0 Å². The first-order valence-corrected chi connectivity index (χ1v) is 8.64. The van der Waals surface area contributed by atoms with Crippen LogP contribution in [0.2, 0.25) is 0 Å². The van der Waals surface area contributed by atoms with Crippen molar-refractivity contribution in [2.24, 2.45) is 0 Å². The number of alkyl halides is 17. The third-order valence-corrected chi connectivity index (χ3v) is 3.99. The minimum Gasteiger partial charge on any atom is -0.321 e. The number of nitrogens with zero attached hydrogens (tertiary/aromatic N) is 1. The van der Waals surface area contributed by atoms with Crippen molar-refractivity contribution in [3.63, 3.8) is 0 Å². The summed E-state index contributed by atoms with van der Waals surface area (Å²) in [6.07, 6.45) is -38.9. The molecule has 1 rings (SSSR count). The van der Waals surface area contributed by atoms with Crippen LogP contribution in [0.25, 0.3) is 0 Å². The minimum absolute atomic E-state index is 0.267. The third-order valence-electron chi connectivity index (χ3n) is 3.99. The van der Waals surface area contributed by atoms with Crippen LogP contribution in [0.3, 0.4) is 0 Å². The van der Waals surface area contributed by atoms with Gasteiger partial charge in [-0.2, -0.15) is 74.6 Å². The number of amides is 1. The van der Waals surface area contributed by atoms with E-state index in [4.69, 9.17) is 0 Å². The van der Waals surface area contributed by atoms with Gasteiger partial charge in [0.1, 0.15) is 0 Å². The maximum absolute atomic E-state index is 14.4. The molecule has 39 heavy (non-hydrogen) atoms. The van der Waals surface area contributed by atoms with Crippen molar-refractivity contribution in [3.05, 3.63) is 34.4 Å². The highest BCUT2D eigenvalue weighted by molar-refractivity contribution is 5.97. The van der Waals surface area contributed by atoms with Crippen molar-refractivity contribution >= 4 is 17.3 Å². The van der Waals surface area contributed by atoms with Gasteiger partial charge in [0.05, 0.1) is 4.92 Å². The molecule has 2 atom stereocenters. The standard InChI is InChI=1S/C15H5F17N2O5/c16-8(11(20,21)22,7(35)33-5-1-3-6(4-2-5)34(36)37)38-15(31,32)10(19,13(26,27)28)39-14(29,30)9(17,18)12(23,24)25/h1-4H,(H,33,35)/t8-,10+/m1/s1. The maximum Gasteiger partial charge on any atom is 0.462 e. The summed E-state index contributed by atoms with van der Waals surface area (Å²) >= 11 is 0. The largest absolute Gasteiger partial charge is 0.462 e. The van der Waals surface area contributed by atoms with E-state index in [2.05, 4.69) is 0 Å². The normalized spacial score (nSPS) is 17.3. The third kappa shape index (κ3) is 6.19. The number of rotatable bonds is 9. The molecule has 0 saturated heterocycles. The Morgan fingerprint density at radius 2 is 1.10 bits per heavy atom. The lowest BCUT2D eigenvalue weighted by molar-refractivity contribution is -0.548. The highest BCUT2D eigenvalue weighted by Gasteiger charge is 2.85. The Hall–Kier alpha value is -3.18. The number of carbonyl (C=O) groups is 1. The summed E-state index contributed by atoms with van der Waals surface area (Å²) in [4.78, 5) is 21.0. The number of halogens is 17. The first-order valence-electron chi connectivity index (χ1n) is 8.64. The Labute approximate surface area is 200 Å². The molecule has 0 aliphatic heterocycles. The number of ether oxygens (including phenoxy) is 2. The molecule has 0 aliphatic rings. The molecule has 224 valence electrons. The number of nitro groups is 1. The lowest BCUT2D eigenvalue weighted by atomic mass is 10.2. The summed E-state index contributed by atoms with van der Waals surface area (Å²) in [5.41, 5.74) is -2.04. The first-order chi connectivity index (χ1) is 17.0. The molecule has 0 fully saturated rings. The van der Waals surface area contributed by atoms with Crippen LogP contribution in [0.1, 0.15) is 0 Å². The molecule has 1 aromatic rings. The van der Waals surface area contributed by atoms with E-state index < -0.39 is 70.6 Å². The van der Waals surface area contributed by atoms with E-state index in [0.717, 1.165) is 0 Å². The molecule has 0 unspecified atom stereocenters. The molecule has 1 amide bonds. The number of hydrogen-bond donors (Lipinski definition) is 1. The summed E-state index contributed by atoms with van der Waals surface area (Å²) in [6, 6.07) is 1.27. The highest BCUT2D eigenvalue weighted by atomic mass is 19.4. The van der Waals surface area contributed by atoms with E-state index in [0.29, 0.717) is 17.4 Å². The van der Waals surface area contributed by atoms with Gasteiger partial charge in [0.2, 0.25) is 0 Å². The van der Waals surface area contributed by atoms with Crippen molar-refractivity contribution in [2.45, 2.75) is 48.4 Å². The van der Waals surface area contributed by atoms with Crippen LogP contribution in [0.5, 0.6) is 0 Å². The Bertz CT molecular complexity index is 1070. The molecule has 0 heterocycles. The van der Waals surface area contributed by atoms with Crippen LogP contribution >= 0.6 is 0 Å². The second-order valence-corrected chi connectivity index (χ2v) is 6.75. The fourth-order valence-corrected chi connectivity index (χ4v) is 2.04. The zero-order valence-corrected chi connectivity index (χ0v) is 17.2. The van der Waals surface area contributed by atoms with Gasteiger partial charge in [0.25, 0.3) is 11.6 Å². The quantitative estimate of drug-likeness (QED) is 0.197. The Morgan fingerprint density at radius 3 is 1.44 bits per heavy atom. The van der Waals surface area contributed by atoms with Gasteiger partial charge in [-0.05, 0) is 12.1 Å². The number of hydrogen-bond acceptors (Lipinski definition) is 5. The lowest BCUT2D eigenvalue weighted by Gasteiger charge is -2.40. The van der Waals surface area contributed by atoms with Gasteiger partial charge in [-0.1, -0.05) is 0 Å². The van der Waals surface area contributed by atoms with Crippen molar-refractivity contribution in [3.8, 4) is 0 Å². The van der Waals surface area contributed by atoms with E-state index in [9.17, 15) is 89.5 Å². The van der Waals surface area contributed by atoms with Crippen LogP contribution in [-0.2, 0) is 14.3 Å². The van der Waals surface area contributed by atoms with Gasteiger partial charge >= 0.3 is 48.4 Å². The molecule has 24 heteroatoms. The number of nitro benzene ring substituents is 1. The Morgan fingerprint density at radius 1 is 0.667 bits per heavy atom. The molecule has 7 nitrogen and oxygen atoms in total. The smallest absolute Gasteiger partial charge is 0.321 e. The van der Waals surface area contributed by atoms with Crippen LogP contribution in [0.4, 0.5) is 86.0 Å². The predicted octanol–water partition coefficient (Wildman–Crippen LogP) is 6.41. The molecule has 0 aromatic heterocycles. The van der Waals surface area contributed by atoms with E-state index in [1.54, 1.807) is 0 Å². The van der Waals surface area contributed by atoms with Gasteiger partial charge < -0.3 is 5.32 Å². The van der Waals surface area contributed by atoms with Crippen LogP contribution in [0, 0.1) is 10.1 Å². The summed E-state index contributed by atoms with van der Waals surface area (Å²) in [5.74, 6) is -26.6.